The molecule has 3 heterocycles. The van der Waals surface area contributed by atoms with Crippen molar-refractivity contribution in [1.82, 2.24) is 0 Å². The second-order valence-electron chi connectivity index (χ2n) is 7.17. The lowest BCUT2D eigenvalue weighted by Gasteiger charge is -2.19. The highest BCUT2D eigenvalue weighted by molar-refractivity contribution is 7.12. The second-order valence-corrected chi connectivity index (χ2v) is 8.63. The molecule has 0 amide bonds. The third-order valence-electron chi connectivity index (χ3n) is 5.23. The van der Waals surface area contributed by atoms with E-state index in [1.807, 2.05) is 30.4 Å². The van der Waals surface area contributed by atoms with E-state index >= 15 is 0 Å². The molecular formula is C23H25NO2S. The summed E-state index contributed by atoms with van der Waals surface area (Å²) in [6.07, 6.45) is 0. The largest absolute Gasteiger partial charge is 0.497 e. The number of rotatable bonds is 4. The van der Waals surface area contributed by atoms with Gasteiger partial charge in [0.05, 0.1) is 7.11 Å². The molecule has 0 saturated carbocycles. The van der Waals surface area contributed by atoms with Crippen LogP contribution in [0.15, 0.2) is 40.8 Å². The van der Waals surface area contributed by atoms with Crippen LogP contribution in [0.25, 0.3) is 11.1 Å². The molecule has 1 aliphatic heterocycles. The maximum absolute atomic E-state index is 5.85. The lowest BCUT2D eigenvalue weighted by atomic mass is 9.97. The van der Waals surface area contributed by atoms with Gasteiger partial charge in [-0.05, 0) is 80.8 Å². The number of hydrogen-bond donors (Lipinski definition) is 0. The van der Waals surface area contributed by atoms with Gasteiger partial charge in [-0.2, -0.15) is 0 Å². The Labute approximate surface area is 164 Å². The molecule has 0 spiro atoms. The van der Waals surface area contributed by atoms with Crippen molar-refractivity contribution in [3.8, 4) is 5.75 Å². The average molecular weight is 380 g/mol. The maximum atomic E-state index is 5.85. The fourth-order valence-corrected chi connectivity index (χ4v) is 4.91. The van der Waals surface area contributed by atoms with Crippen molar-refractivity contribution in [2.24, 2.45) is 0 Å². The topological polar surface area (TPSA) is 25.6 Å². The van der Waals surface area contributed by atoms with Crippen molar-refractivity contribution in [2.75, 3.05) is 25.1 Å². The molecule has 3 nitrogen and oxygen atoms in total. The quantitative estimate of drug-likeness (QED) is 0.555. The van der Waals surface area contributed by atoms with Crippen LogP contribution in [0.3, 0.4) is 0 Å². The van der Waals surface area contributed by atoms with Crippen molar-refractivity contribution >= 4 is 28.2 Å². The van der Waals surface area contributed by atoms with Gasteiger partial charge in [0.15, 0.2) is 0 Å². The first-order chi connectivity index (χ1) is 13.0. The zero-order valence-corrected chi connectivity index (χ0v) is 17.4. The fourth-order valence-electron chi connectivity index (χ4n) is 3.96. The summed E-state index contributed by atoms with van der Waals surface area (Å²) < 4.78 is 11.2. The van der Waals surface area contributed by atoms with Gasteiger partial charge in [-0.1, -0.05) is 0 Å². The molecule has 0 N–H and O–H groups in total. The number of thiophene rings is 1. The van der Waals surface area contributed by atoms with Gasteiger partial charge in [-0.25, -0.2) is 0 Å². The molecule has 0 aliphatic carbocycles. The monoisotopic (exact) mass is 379 g/mol. The standard InChI is InChI=1S/C23H25NO2S/c1-14-10-20(16(3)26-14)22-12-24(18-6-8-19(25-5)9-7-18)13-23(22)21-11-15(2)27-17(21)4/h6-11H,12-13H2,1-5H3. The molecule has 1 aromatic carbocycles. The van der Waals surface area contributed by atoms with Crippen LogP contribution in [0.4, 0.5) is 5.69 Å². The predicted octanol–water partition coefficient (Wildman–Crippen LogP) is 6.01. The third kappa shape index (κ3) is 3.30. The smallest absolute Gasteiger partial charge is 0.119 e. The predicted molar refractivity (Wildman–Crippen MR) is 114 cm³/mol. The van der Waals surface area contributed by atoms with Gasteiger partial charge in [0, 0.05) is 34.1 Å². The van der Waals surface area contributed by atoms with Crippen LogP contribution in [0.2, 0.25) is 0 Å². The van der Waals surface area contributed by atoms with E-state index in [0.717, 1.165) is 30.4 Å². The number of anilines is 1. The first-order valence-electron chi connectivity index (χ1n) is 9.22. The van der Waals surface area contributed by atoms with Crippen LogP contribution < -0.4 is 9.64 Å². The number of methoxy groups -OCH3 is 1. The van der Waals surface area contributed by atoms with E-state index in [1.54, 1.807) is 7.11 Å². The average Bonchev–Trinajstić information content (AvgIpc) is 3.31. The Morgan fingerprint density at radius 2 is 1.59 bits per heavy atom. The molecule has 4 rings (SSSR count). The van der Waals surface area contributed by atoms with E-state index in [4.69, 9.17) is 9.15 Å². The number of ether oxygens (including phenoxy) is 1. The molecule has 0 atom stereocenters. The van der Waals surface area contributed by atoms with Crippen LogP contribution in [0.1, 0.15) is 32.4 Å². The second kappa shape index (κ2) is 6.93. The minimum Gasteiger partial charge on any atom is -0.497 e. The first kappa shape index (κ1) is 17.9. The summed E-state index contributed by atoms with van der Waals surface area (Å²) in [6, 6.07) is 12.8. The minimum absolute atomic E-state index is 0.885. The summed E-state index contributed by atoms with van der Waals surface area (Å²) in [5.41, 5.74) is 6.62. The zero-order valence-electron chi connectivity index (χ0n) is 16.6. The summed E-state index contributed by atoms with van der Waals surface area (Å²) in [7, 11) is 1.70. The SMILES string of the molecule is COc1ccc(N2CC(c3cc(C)oc3C)=C(c3cc(C)sc3C)C2)cc1. The normalized spacial score (nSPS) is 14.3. The van der Waals surface area contributed by atoms with Gasteiger partial charge in [-0.3, -0.25) is 0 Å². The highest BCUT2D eigenvalue weighted by Gasteiger charge is 2.28. The van der Waals surface area contributed by atoms with Gasteiger partial charge in [0.2, 0.25) is 0 Å². The Morgan fingerprint density at radius 3 is 2.11 bits per heavy atom. The summed E-state index contributed by atoms with van der Waals surface area (Å²) >= 11 is 1.87. The summed E-state index contributed by atoms with van der Waals surface area (Å²) in [5, 5.41) is 0. The molecule has 0 saturated heterocycles. The van der Waals surface area contributed by atoms with Crippen LogP contribution in [-0.4, -0.2) is 20.2 Å². The third-order valence-corrected chi connectivity index (χ3v) is 6.20. The van der Waals surface area contributed by atoms with Crippen LogP contribution in [0, 0.1) is 27.7 Å². The molecule has 1 aliphatic rings. The van der Waals surface area contributed by atoms with E-state index in [0.29, 0.717) is 0 Å². The minimum atomic E-state index is 0.885. The Bertz CT molecular complexity index is 949. The lowest BCUT2D eigenvalue weighted by Crippen LogP contribution is -2.20. The van der Waals surface area contributed by atoms with Crippen LogP contribution in [0.5, 0.6) is 5.75 Å². The zero-order chi connectivity index (χ0) is 19.1. The molecule has 0 fully saturated rings. The molecule has 4 heteroatoms. The number of furan rings is 1. The van der Waals surface area contributed by atoms with E-state index in [1.165, 1.54) is 37.7 Å². The van der Waals surface area contributed by atoms with Crippen LogP contribution >= 0.6 is 11.3 Å². The molecule has 140 valence electrons. The summed E-state index contributed by atoms with van der Waals surface area (Å²) in [5.74, 6) is 2.86. The Balaban J connectivity index is 1.77. The van der Waals surface area contributed by atoms with Crippen molar-refractivity contribution < 1.29 is 9.15 Å². The maximum Gasteiger partial charge on any atom is 0.119 e. The van der Waals surface area contributed by atoms with E-state index in [2.05, 4.69) is 49.9 Å². The van der Waals surface area contributed by atoms with E-state index < -0.39 is 0 Å². The van der Waals surface area contributed by atoms with Gasteiger partial charge < -0.3 is 14.1 Å². The molecule has 2 aromatic heterocycles. The number of aryl methyl sites for hydroxylation is 4. The van der Waals surface area contributed by atoms with Gasteiger partial charge >= 0.3 is 0 Å². The van der Waals surface area contributed by atoms with Crippen molar-refractivity contribution in [3.05, 3.63) is 68.8 Å². The molecule has 3 aromatic rings. The highest BCUT2D eigenvalue weighted by Crippen LogP contribution is 2.40. The van der Waals surface area contributed by atoms with Gasteiger partial charge in [-0.15, -0.1) is 11.3 Å². The summed E-state index contributed by atoms with van der Waals surface area (Å²) in [4.78, 5) is 5.17. The number of nitrogens with zero attached hydrogens (tertiary/aromatic N) is 1. The highest BCUT2D eigenvalue weighted by atomic mass is 32.1. The molecule has 0 unspecified atom stereocenters. The van der Waals surface area contributed by atoms with Gasteiger partial charge in [0.1, 0.15) is 17.3 Å². The lowest BCUT2D eigenvalue weighted by molar-refractivity contribution is 0.415. The Hall–Kier alpha value is -2.46. The number of hydrogen-bond acceptors (Lipinski definition) is 4. The Morgan fingerprint density at radius 1 is 0.926 bits per heavy atom. The van der Waals surface area contributed by atoms with Crippen molar-refractivity contribution in [1.29, 1.82) is 0 Å². The van der Waals surface area contributed by atoms with Crippen molar-refractivity contribution in [3.63, 3.8) is 0 Å². The van der Waals surface area contributed by atoms with Crippen LogP contribution in [-0.2, 0) is 0 Å². The fraction of sp³-hybridized carbons (Fsp3) is 0.304. The number of benzene rings is 1. The van der Waals surface area contributed by atoms with Gasteiger partial charge in [0.25, 0.3) is 0 Å². The summed E-state index contributed by atoms with van der Waals surface area (Å²) in [6.45, 7) is 10.3. The first-order valence-corrected chi connectivity index (χ1v) is 10.0. The molecular weight excluding hydrogens is 354 g/mol. The van der Waals surface area contributed by atoms with Crippen molar-refractivity contribution in [2.45, 2.75) is 27.7 Å². The van der Waals surface area contributed by atoms with E-state index in [9.17, 15) is 0 Å². The van der Waals surface area contributed by atoms with E-state index in [-0.39, 0.29) is 0 Å². The Kier molecular flexibility index (Phi) is 4.60. The molecule has 0 bridgehead atoms. The molecule has 27 heavy (non-hydrogen) atoms. The molecule has 0 radical (unpaired) electrons.